The number of carbonyl (C=O) groups excluding carboxylic acids is 6. The Labute approximate surface area is 461 Å². The zero-order chi connectivity index (χ0) is 56.8. The quantitative estimate of drug-likeness (QED) is 0.0281. The number of imide groups is 1. The van der Waals surface area contributed by atoms with Gasteiger partial charge in [-0.2, -0.15) is 4.90 Å². The molecule has 8 rings (SSSR count). The summed E-state index contributed by atoms with van der Waals surface area (Å²) >= 11 is 0. The van der Waals surface area contributed by atoms with Gasteiger partial charge < -0.3 is 44.2 Å². The summed E-state index contributed by atoms with van der Waals surface area (Å²) in [4.78, 5) is 118. The van der Waals surface area contributed by atoms with E-state index in [0.29, 0.717) is 25.0 Å². The number of nitrogens with zero attached hydrogens (tertiary/aromatic N) is 4. The number of H-pyrrole nitrogens is 2. The van der Waals surface area contributed by atoms with Crippen molar-refractivity contribution in [3.8, 4) is 22.3 Å². The van der Waals surface area contributed by atoms with Gasteiger partial charge in [-0.3, -0.25) is 28.7 Å². The molecule has 21 nitrogen and oxygen atoms in total. The molecule has 2 aliphatic carbocycles. The highest BCUT2D eigenvalue weighted by atomic mass is 16.6. The van der Waals surface area contributed by atoms with Crippen molar-refractivity contribution in [3.63, 3.8) is 0 Å². The van der Waals surface area contributed by atoms with E-state index in [9.17, 15) is 38.4 Å². The molecule has 2 aliphatic rings. The monoisotopic (exact) mass is 1090 g/mol. The minimum atomic E-state index is -1.44. The van der Waals surface area contributed by atoms with Crippen molar-refractivity contribution in [1.82, 2.24) is 40.0 Å². The number of imidazole rings is 1. The highest BCUT2D eigenvalue weighted by Crippen LogP contribution is 2.46. The second kappa shape index (κ2) is 26.7. The summed E-state index contributed by atoms with van der Waals surface area (Å²) in [5.74, 6) is -2.73. The molecule has 2 aromatic heterocycles. The van der Waals surface area contributed by atoms with Crippen LogP contribution in [-0.4, -0.2) is 136 Å². The van der Waals surface area contributed by atoms with Crippen molar-refractivity contribution in [2.45, 2.75) is 89.4 Å². The number of esters is 1. The number of amides is 5. The molecule has 4 aromatic carbocycles. The maximum absolute atomic E-state index is 14.6. The lowest BCUT2D eigenvalue weighted by Gasteiger charge is -2.29. The summed E-state index contributed by atoms with van der Waals surface area (Å²) in [5.41, 5.74) is 6.07. The fourth-order valence-electron chi connectivity index (χ4n) is 9.93. The molecule has 1 unspecified atom stereocenters. The molecule has 420 valence electrons. The van der Waals surface area contributed by atoms with Crippen LogP contribution >= 0.6 is 0 Å². The molecule has 0 bridgehead atoms. The molecule has 0 aliphatic heterocycles. The van der Waals surface area contributed by atoms with Gasteiger partial charge in [-0.15, -0.1) is 0 Å². The van der Waals surface area contributed by atoms with E-state index in [2.05, 4.69) is 25.6 Å². The second-order valence-electron chi connectivity index (χ2n) is 20.4. The first-order valence-electron chi connectivity index (χ1n) is 26.6. The lowest BCUT2D eigenvalue weighted by Crippen LogP contribution is -2.54. The normalized spacial score (nSPS) is 13.2. The van der Waals surface area contributed by atoms with E-state index >= 15 is 0 Å². The Bertz CT molecular complexity index is 3080. The molecule has 4 N–H and O–H groups in total. The molecule has 0 spiro atoms. The Kier molecular flexibility index (Phi) is 19.1. The molecule has 21 heteroatoms. The standard InChI is InChI=1S/C59H66N8O13/c1-5-77-53(70)33-66(52(69)32-65-27-25-51(68)64-55(65)72)31-39(63-56(73)80-59(2,3)4)34-76-28-16-6-15-26-61-54(71)50(29-38-30-60-37-62-38)67(57(74)78-35-48-44-21-11-7-17-40(44)41-18-8-12-22-45(41)48)58(75)79-36-49-46-23-13-9-19-42(46)43-20-10-14-24-47(43)49/h7-14,17-25,27,30,37,39,48-50H,5-6,15-16,26,28-29,31-36H2,1-4H3,(H,60,62)(H,61,71)(H,63,73)(H,64,68,72)/t39?,50-/m0/s1. The van der Waals surface area contributed by atoms with Crippen LogP contribution in [0.1, 0.15) is 86.7 Å². The summed E-state index contributed by atoms with van der Waals surface area (Å²) in [6.45, 7) is 5.37. The number of ether oxygens (including phenoxy) is 5. The van der Waals surface area contributed by atoms with Gasteiger partial charge in [0.05, 0.1) is 25.6 Å². The van der Waals surface area contributed by atoms with E-state index in [1.165, 1.54) is 12.5 Å². The maximum Gasteiger partial charge on any atom is 0.420 e. The van der Waals surface area contributed by atoms with Gasteiger partial charge in [0.15, 0.2) is 0 Å². The number of nitrogens with one attached hydrogen (secondary N) is 4. The number of hydrogen-bond donors (Lipinski definition) is 4. The third-order valence-electron chi connectivity index (χ3n) is 13.6. The SMILES string of the molecule is CCOC(=O)CN(CC(COCCCCCNC(=O)[C@H](Cc1cnc[nH]1)N(C(=O)OCC1c2ccccc2-c2ccccc21)C(=O)OCC1c2ccccc2-c2ccccc21)NC(=O)OC(C)(C)C)C(=O)Cn1ccc(=O)[nH]c1=O. The smallest absolute Gasteiger partial charge is 0.420 e. The molecule has 0 saturated carbocycles. The molecule has 0 radical (unpaired) electrons. The van der Waals surface area contributed by atoms with Gasteiger partial charge >= 0.3 is 29.9 Å². The van der Waals surface area contributed by atoms with Crippen molar-refractivity contribution in [1.29, 1.82) is 0 Å². The molecule has 5 amide bonds. The first kappa shape index (κ1) is 57.3. The Morgan fingerprint density at radius 3 is 1.81 bits per heavy atom. The predicted octanol–water partition coefficient (Wildman–Crippen LogP) is 6.66. The number of aromatic nitrogens is 4. The minimum Gasteiger partial charge on any atom is -0.465 e. The number of unbranched alkanes of at least 4 members (excludes halogenated alkanes) is 2. The van der Waals surface area contributed by atoms with Crippen LogP contribution in [0.15, 0.2) is 131 Å². The number of hydrogen-bond acceptors (Lipinski definition) is 14. The van der Waals surface area contributed by atoms with Crippen LogP contribution < -0.4 is 21.9 Å². The van der Waals surface area contributed by atoms with Crippen molar-refractivity contribution < 1.29 is 52.5 Å². The molecule has 0 fully saturated rings. The fraction of sp³-hybridized carbons (Fsp3) is 0.373. The van der Waals surface area contributed by atoms with Gasteiger partial charge in [0.2, 0.25) is 11.8 Å². The summed E-state index contributed by atoms with van der Waals surface area (Å²) in [6.07, 6.45) is 2.52. The molecular weight excluding hydrogens is 1030 g/mol. The van der Waals surface area contributed by atoms with Crippen LogP contribution in [0.2, 0.25) is 0 Å². The van der Waals surface area contributed by atoms with Crippen LogP contribution in [-0.2, 0) is 51.0 Å². The molecule has 0 saturated heterocycles. The number of aromatic amines is 2. The van der Waals surface area contributed by atoms with E-state index in [1.807, 2.05) is 97.1 Å². The fourth-order valence-corrected chi connectivity index (χ4v) is 9.93. The lowest BCUT2D eigenvalue weighted by molar-refractivity contribution is -0.149. The molecule has 2 atom stereocenters. The Morgan fingerprint density at radius 2 is 1.30 bits per heavy atom. The van der Waals surface area contributed by atoms with Crippen LogP contribution in [0.4, 0.5) is 14.4 Å². The average Bonchev–Trinajstić information content (AvgIpc) is 4.31. The maximum atomic E-state index is 14.6. The summed E-state index contributed by atoms with van der Waals surface area (Å²) in [5, 5.41) is 5.62. The van der Waals surface area contributed by atoms with E-state index in [0.717, 1.165) is 71.1 Å². The largest absolute Gasteiger partial charge is 0.465 e. The zero-order valence-corrected chi connectivity index (χ0v) is 45.1. The van der Waals surface area contributed by atoms with E-state index in [4.69, 9.17) is 23.7 Å². The average molecular weight is 1100 g/mol. The number of fused-ring (bicyclic) bond motifs is 6. The van der Waals surface area contributed by atoms with E-state index in [1.54, 1.807) is 27.7 Å². The molecular formula is C59H66N8O13. The second-order valence-corrected chi connectivity index (χ2v) is 20.4. The van der Waals surface area contributed by atoms with E-state index in [-0.39, 0.29) is 64.4 Å². The molecule has 2 heterocycles. The lowest BCUT2D eigenvalue weighted by atomic mass is 9.98. The van der Waals surface area contributed by atoms with Crippen molar-refractivity contribution in [2.24, 2.45) is 0 Å². The van der Waals surface area contributed by atoms with Gasteiger partial charge in [0, 0.05) is 62.1 Å². The van der Waals surface area contributed by atoms with Crippen LogP contribution in [0.5, 0.6) is 0 Å². The van der Waals surface area contributed by atoms with Crippen LogP contribution in [0.3, 0.4) is 0 Å². The first-order chi connectivity index (χ1) is 38.6. The zero-order valence-electron chi connectivity index (χ0n) is 45.1. The van der Waals surface area contributed by atoms with Crippen LogP contribution in [0, 0.1) is 0 Å². The minimum absolute atomic E-state index is 0.0411. The topological polar surface area (TPSA) is 263 Å². The van der Waals surface area contributed by atoms with Gasteiger partial charge in [0.25, 0.3) is 5.56 Å². The highest BCUT2D eigenvalue weighted by molar-refractivity contribution is 5.96. The first-order valence-corrected chi connectivity index (χ1v) is 26.6. The Hall–Kier alpha value is -8.85. The highest BCUT2D eigenvalue weighted by Gasteiger charge is 2.40. The Balaban J connectivity index is 0.925. The van der Waals surface area contributed by atoms with Gasteiger partial charge in [0.1, 0.15) is 37.9 Å². The summed E-state index contributed by atoms with van der Waals surface area (Å²) in [7, 11) is 0. The van der Waals surface area contributed by atoms with Gasteiger partial charge in [-0.25, -0.2) is 24.2 Å². The van der Waals surface area contributed by atoms with Crippen LogP contribution in [0.25, 0.3) is 22.3 Å². The Morgan fingerprint density at radius 1 is 0.738 bits per heavy atom. The molecule has 80 heavy (non-hydrogen) atoms. The van der Waals surface area contributed by atoms with Crippen molar-refractivity contribution in [3.05, 3.63) is 171 Å². The number of carbonyl (C=O) groups is 6. The van der Waals surface area contributed by atoms with Gasteiger partial charge in [-0.1, -0.05) is 97.1 Å². The summed E-state index contributed by atoms with van der Waals surface area (Å²) in [6, 6.07) is 30.2. The van der Waals surface area contributed by atoms with Gasteiger partial charge in [-0.05, 0) is 91.5 Å². The number of alkyl carbamates (subject to hydrolysis) is 1. The number of rotatable bonds is 24. The predicted molar refractivity (Wildman–Crippen MR) is 293 cm³/mol. The van der Waals surface area contributed by atoms with E-state index < -0.39 is 78.1 Å². The third kappa shape index (κ3) is 14.6. The molecule has 6 aromatic rings. The third-order valence-corrected chi connectivity index (χ3v) is 13.6. The summed E-state index contributed by atoms with van der Waals surface area (Å²) < 4.78 is 29.7. The number of benzene rings is 4. The van der Waals surface area contributed by atoms with Crippen molar-refractivity contribution >= 4 is 36.1 Å². The van der Waals surface area contributed by atoms with Crippen molar-refractivity contribution in [2.75, 3.05) is 52.7 Å².